The van der Waals surface area contributed by atoms with Crippen LogP contribution in [0.1, 0.15) is 36.0 Å². The molecule has 38 heavy (non-hydrogen) atoms. The van der Waals surface area contributed by atoms with E-state index < -0.39 is 70.5 Å². The molecule has 3 amide bonds. The largest absolute Gasteiger partial charge is 0.494 e. The number of nitrogens with one attached hydrogen (secondary N) is 2. The van der Waals surface area contributed by atoms with Gasteiger partial charge in [0.15, 0.2) is 6.04 Å². The monoisotopic (exact) mass is 569 g/mol. The van der Waals surface area contributed by atoms with Crippen LogP contribution >= 0.6 is 22.9 Å². The first-order valence-electron chi connectivity index (χ1n) is 10.7. The Morgan fingerprint density at radius 1 is 1.18 bits per heavy atom. The molecular weight excluding hydrogens is 549 g/mol. The van der Waals surface area contributed by atoms with Gasteiger partial charge in [-0.1, -0.05) is 17.7 Å². The molecule has 202 valence electrons. The van der Waals surface area contributed by atoms with Crippen molar-refractivity contribution >= 4 is 63.8 Å². The summed E-state index contributed by atoms with van der Waals surface area (Å²) in [5.74, 6) is -4.10. The van der Waals surface area contributed by atoms with Crippen LogP contribution in [-0.2, 0) is 14.3 Å². The van der Waals surface area contributed by atoms with Crippen molar-refractivity contribution in [3.05, 3.63) is 50.9 Å². The Hall–Kier alpha value is -4.17. The third-order valence-corrected chi connectivity index (χ3v) is 5.90. The molecule has 0 aliphatic heterocycles. The minimum Gasteiger partial charge on any atom is -0.494 e. The Balaban J connectivity index is 1.82. The van der Waals surface area contributed by atoms with Crippen LogP contribution in [0.15, 0.2) is 29.6 Å². The summed E-state index contributed by atoms with van der Waals surface area (Å²) in [4.78, 5) is 61.5. The standard InChI is InChI=1S/C23H21ClFN3O9S/c1-23(2,3)37-22(35)26-13(19(31)32)9-36-21(34)27-20(33)28-14-8-11(24)12(25)7-10(14)16(18(28)30)17(29)15-5-4-6-38-15/h4-8,13,30H,9H2,1-3H3,(H,26,35)(H,31,32)(H,27,33,34)/t13-/m0/s1. The zero-order valence-corrected chi connectivity index (χ0v) is 21.6. The second-order valence-electron chi connectivity index (χ2n) is 8.69. The van der Waals surface area contributed by atoms with E-state index in [-0.39, 0.29) is 15.8 Å². The number of hydrogen-bond donors (Lipinski definition) is 4. The minimum absolute atomic E-state index is 0.154. The lowest BCUT2D eigenvalue weighted by molar-refractivity contribution is -0.140. The van der Waals surface area contributed by atoms with Crippen LogP contribution in [0.5, 0.6) is 5.88 Å². The number of carbonyl (C=O) groups excluding carboxylic acids is 4. The van der Waals surface area contributed by atoms with Gasteiger partial charge in [0.1, 0.15) is 18.0 Å². The number of hydrogen-bond acceptors (Lipinski definition) is 9. The fourth-order valence-corrected chi connectivity index (χ4v) is 4.02. The van der Waals surface area contributed by atoms with E-state index in [0.717, 1.165) is 23.5 Å². The summed E-state index contributed by atoms with van der Waals surface area (Å²) < 4.78 is 24.4. The molecule has 1 atom stereocenters. The number of ketones is 1. The highest BCUT2D eigenvalue weighted by molar-refractivity contribution is 7.12. The maximum atomic E-state index is 14.2. The Bertz CT molecular complexity index is 1430. The topological polar surface area (TPSA) is 173 Å². The number of aromatic nitrogens is 1. The molecule has 0 radical (unpaired) electrons. The van der Waals surface area contributed by atoms with E-state index >= 15 is 0 Å². The average Bonchev–Trinajstić information content (AvgIpc) is 3.41. The predicted octanol–water partition coefficient (Wildman–Crippen LogP) is 4.10. The van der Waals surface area contributed by atoms with Gasteiger partial charge in [-0.25, -0.2) is 33.5 Å². The Labute approximate surface area is 222 Å². The molecule has 15 heteroatoms. The molecule has 2 heterocycles. The molecule has 0 fully saturated rings. The zero-order valence-electron chi connectivity index (χ0n) is 20.0. The van der Waals surface area contributed by atoms with Gasteiger partial charge in [-0.15, -0.1) is 11.3 Å². The number of aliphatic carboxylic acids is 1. The molecule has 0 spiro atoms. The molecule has 0 aliphatic rings. The molecule has 0 saturated heterocycles. The average molecular weight is 570 g/mol. The third-order valence-electron chi connectivity index (χ3n) is 4.74. The van der Waals surface area contributed by atoms with E-state index in [9.17, 15) is 38.6 Å². The van der Waals surface area contributed by atoms with Gasteiger partial charge in [0.2, 0.25) is 11.7 Å². The lowest BCUT2D eigenvalue weighted by atomic mass is 10.1. The van der Waals surface area contributed by atoms with Crippen LogP contribution in [-0.4, -0.2) is 63.0 Å². The van der Waals surface area contributed by atoms with Crippen LogP contribution in [0.25, 0.3) is 10.9 Å². The first kappa shape index (κ1) is 28.4. The number of imide groups is 1. The molecule has 3 rings (SSSR count). The van der Waals surface area contributed by atoms with Gasteiger partial charge >= 0.3 is 24.2 Å². The molecule has 4 N–H and O–H groups in total. The lowest BCUT2D eigenvalue weighted by Gasteiger charge is -2.21. The van der Waals surface area contributed by atoms with Gasteiger partial charge in [-0.2, -0.15) is 0 Å². The Morgan fingerprint density at radius 3 is 2.45 bits per heavy atom. The van der Waals surface area contributed by atoms with Crippen LogP contribution in [0.3, 0.4) is 0 Å². The number of aromatic hydroxyl groups is 1. The fraction of sp³-hybridized carbons (Fsp3) is 0.261. The Morgan fingerprint density at radius 2 is 1.87 bits per heavy atom. The normalized spacial score (nSPS) is 12.0. The van der Waals surface area contributed by atoms with Gasteiger partial charge < -0.3 is 25.0 Å². The number of halogens is 2. The van der Waals surface area contributed by atoms with Crippen molar-refractivity contribution in [3.63, 3.8) is 0 Å². The van der Waals surface area contributed by atoms with Gasteiger partial charge in [0, 0.05) is 5.39 Å². The molecule has 0 unspecified atom stereocenters. The number of carbonyl (C=O) groups is 5. The predicted molar refractivity (Wildman–Crippen MR) is 132 cm³/mol. The van der Waals surface area contributed by atoms with E-state index in [1.165, 1.54) is 6.07 Å². The van der Waals surface area contributed by atoms with Crippen molar-refractivity contribution in [3.8, 4) is 5.88 Å². The van der Waals surface area contributed by atoms with Crippen molar-refractivity contribution in [2.24, 2.45) is 0 Å². The van der Waals surface area contributed by atoms with Gasteiger partial charge in [0.25, 0.3) is 0 Å². The number of benzene rings is 1. The summed E-state index contributed by atoms with van der Waals surface area (Å²) in [7, 11) is 0. The Kier molecular flexibility index (Phi) is 8.27. The fourth-order valence-electron chi connectivity index (χ4n) is 3.19. The van der Waals surface area contributed by atoms with E-state index in [1.807, 2.05) is 5.32 Å². The van der Waals surface area contributed by atoms with Crippen LogP contribution in [0.2, 0.25) is 5.02 Å². The summed E-state index contributed by atoms with van der Waals surface area (Å²) in [6.07, 6.45) is -2.53. The van der Waals surface area contributed by atoms with Crippen molar-refractivity contribution in [1.82, 2.24) is 15.2 Å². The van der Waals surface area contributed by atoms with Crippen molar-refractivity contribution < 1.29 is 48.0 Å². The quantitative estimate of drug-likeness (QED) is 0.319. The number of carboxylic acid groups (broad SMARTS) is 1. The summed E-state index contributed by atoms with van der Waals surface area (Å²) in [6.45, 7) is 3.77. The number of thiophene rings is 1. The smallest absolute Gasteiger partial charge is 0.415 e. The van der Waals surface area contributed by atoms with E-state index in [0.29, 0.717) is 4.57 Å². The molecule has 0 aliphatic carbocycles. The zero-order chi connectivity index (χ0) is 28.4. The number of carboxylic acids is 1. The van der Waals surface area contributed by atoms with Crippen molar-refractivity contribution in [1.29, 1.82) is 0 Å². The number of nitrogens with zero attached hydrogens (tertiary/aromatic N) is 1. The van der Waals surface area contributed by atoms with Gasteiger partial charge in [-0.3, -0.25) is 4.79 Å². The van der Waals surface area contributed by atoms with E-state index in [2.05, 4.69) is 0 Å². The van der Waals surface area contributed by atoms with Crippen LogP contribution in [0.4, 0.5) is 18.8 Å². The summed E-state index contributed by atoms with van der Waals surface area (Å²) in [5, 5.41) is 24.8. The minimum atomic E-state index is -1.72. The molecule has 3 aromatic rings. The molecule has 0 bridgehead atoms. The highest BCUT2D eigenvalue weighted by Gasteiger charge is 2.30. The maximum absolute atomic E-state index is 14.2. The lowest BCUT2D eigenvalue weighted by Crippen LogP contribution is -2.47. The first-order chi connectivity index (χ1) is 17.7. The number of rotatable bonds is 6. The number of amides is 3. The molecule has 1 aromatic carbocycles. The molecular formula is C23H21ClFN3O9S. The van der Waals surface area contributed by atoms with Crippen LogP contribution in [0, 0.1) is 5.82 Å². The second-order valence-corrected chi connectivity index (χ2v) is 10.0. The summed E-state index contributed by atoms with van der Waals surface area (Å²) in [5.41, 5.74) is -1.53. The summed E-state index contributed by atoms with van der Waals surface area (Å²) in [6, 6.07) is 1.84. The number of alkyl carbamates (subject to hydrolysis) is 2. The van der Waals surface area contributed by atoms with Crippen molar-refractivity contribution in [2.75, 3.05) is 6.61 Å². The molecule has 12 nitrogen and oxygen atoms in total. The van der Waals surface area contributed by atoms with Gasteiger partial charge in [0.05, 0.1) is 21.0 Å². The first-order valence-corrected chi connectivity index (χ1v) is 12.0. The third kappa shape index (κ3) is 6.39. The number of ether oxygens (including phenoxy) is 2. The van der Waals surface area contributed by atoms with Gasteiger partial charge in [-0.05, 0) is 44.4 Å². The van der Waals surface area contributed by atoms with Crippen LogP contribution < -0.4 is 10.6 Å². The molecule has 2 aromatic heterocycles. The van der Waals surface area contributed by atoms with Crippen molar-refractivity contribution in [2.45, 2.75) is 32.4 Å². The summed E-state index contributed by atoms with van der Waals surface area (Å²) >= 11 is 6.88. The highest BCUT2D eigenvalue weighted by Crippen LogP contribution is 2.36. The highest BCUT2D eigenvalue weighted by atomic mass is 35.5. The molecule has 0 saturated carbocycles. The van der Waals surface area contributed by atoms with E-state index in [4.69, 9.17) is 21.1 Å². The van der Waals surface area contributed by atoms with E-state index in [1.54, 1.807) is 37.5 Å². The number of fused-ring (bicyclic) bond motifs is 1. The SMILES string of the molecule is CC(C)(C)OC(=O)N[C@@H](COC(=O)NC(=O)n1c(O)c(C(=O)c2cccs2)c2cc(F)c(Cl)cc21)C(=O)O. The maximum Gasteiger partial charge on any atom is 0.415 e. The second kappa shape index (κ2) is 11.1.